The molecule has 0 aromatic heterocycles. The summed E-state index contributed by atoms with van der Waals surface area (Å²) in [6, 6.07) is 7.23. The van der Waals surface area contributed by atoms with Gasteiger partial charge in [-0.25, -0.2) is 4.99 Å². The number of nitrogens with zero attached hydrogens (tertiary/aromatic N) is 4. The number of hydrogen-bond donors (Lipinski definition) is 0. The summed E-state index contributed by atoms with van der Waals surface area (Å²) in [5, 5.41) is 0.544. The van der Waals surface area contributed by atoms with Crippen LogP contribution in [0, 0.1) is 5.92 Å². The predicted molar refractivity (Wildman–Crippen MR) is 110 cm³/mol. The van der Waals surface area contributed by atoms with Gasteiger partial charge in [-0.15, -0.1) is 0 Å². The molecule has 0 bridgehead atoms. The molecule has 1 saturated heterocycles. The Morgan fingerprint density at radius 2 is 1.90 bits per heavy atom. The van der Waals surface area contributed by atoms with Crippen LogP contribution in [0.15, 0.2) is 44.8 Å². The van der Waals surface area contributed by atoms with Crippen LogP contribution >= 0.6 is 11.6 Å². The molecule has 1 saturated carbocycles. The topological polar surface area (TPSA) is 83.7 Å². The second-order valence-electron chi connectivity index (χ2n) is 7.39. The number of guanidine groups is 1. The zero-order valence-electron chi connectivity index (χ0n) is 15.7. The highest BCUT2D eigenvalue weighted by atomic mass is 35.5. The third-order valence-electron chi connectivity index (χ3n) is 5.55. The molecule has 0 N–H and O–H groups in total. The van der Waals surface area contributed by atoms with Crippen LogP contribution in [0.1, 0.15) is 24.8 Å². The molecule has 5 rings (SSSR count). The summed E-state index contributed by atoms with van der Waals surface area (Å²) < 4.78 is 5.38. The van der Waals surface area contributed by atoms with Crippen molar-refractivity contribution in [2.45, 2.75) is 19.3 Å². The van der Waals surface area contributed by atoms with E-state index in [2.05, 4.69) is 15.0 Å². The molecule has 1 amide bonds. The molecular weight excluding hydrogens is 392 g/mol. The first-order valence-corrected chi connectivity index (χ1v) is 10.1. The van der Waals surface area contributed by atoms with Crippen LogP contribution in [0.3, 0.4) is 0 Å². The van der Waals surface area contributed by atoms with E-state index in [0.717, 1.165) is 12.0 Å². The van der Waals surface area contributed by atoms with Crippen LogP contribution < -0.4 is 0 Å². The number of fused-ring (bicyclic) bond motifs is 2. The molecule has 1 aliphatic carbocycles. The van der Waals surface area contributed by atoms with Gasteiger partial charge < -0.3 is 9.64 Å². The lowest BCUT2D eigenvalue weighted by atomic mass is 9.77. The van der Waals surface area contributed by atoms with Gasteiger partial charge in [0.2, 0.25) is 5.96 Å². The molecule has 0 spiro atoms. The monoisotopic (exact) mass is 410 g/mol. The summed E-state index contributed by atoms with van der Waals surface area (Å²) in [4.78, 5) is 41.5. The summed E-state index contributed by atoms with van der Waals surface area (Å²) in [7, 11) is 0. The standard InChI is InChI=1S/C21H19ClN4O3/c22-13-4-1-3-12(11-13)16-17-14(5-2-6-15(17)27)23-19-18(16)20(28)25-21(24-19)26-7-9-29-10-8-26/h1,3-4,11,18H,2,5-10H2. The summed E-state index contributed by atoms with van der Waals surface area (Å²) >= 11 is 6.21. The van der Waals surface area contributed by atoms with Gasteiger partial charge in [0.05, 0.1) is 18.9 Å². The molecule has 148 valence electrons. The number of dihydropyridines is 1. The van der Waals surface area contributed by atoms with Gasteiger partial charge >= 0.3 is 0 Å². The number of aliphatic imine (C=N–C) groups is 3. The smallest absolute Gasteiger partial charge is 0.264 e. The second-order valence-corrected chi connectivity index (χ2v) is 7.82. The third-order valence-corrected chi connectivity index (χ3v) is 5.79. The first kappa shape index (κ1) is 18.4. The summed E-state index contributed by atoms with van der Waals surface area (Å²) in [5.74, 6) is -0.321. The molecule has 8 heteroatoms. The van der Waals surface area contributed by atoms with Crippen LogP contribution in [0.25, 0.3) is 5.57 Å². The van der Waals surface area contributed by atoms with Crippen molar-refractivity contribution in [2.75, 3.05) is 26.3 Å². The molecule has 4 aliphatic rings. The summed E-state index contributed by atoms with van der Waals surface area (Å²) in [6.45, 7) is 2.40. The highest BCUT2D eigenvalue weighted by molar-refractivity contribution is 6.38. The Kier molecular flexibility index (Phi) is 4.64. The highest BCUT2D eigenvalue weighted by Crippen LogP contribution is 2.39. The van der Waals surface area contributed by atoms with Gasteiger partial charge in [0.25, 0.3) is 5.91 Å². The van der Waals surface area contributed by atoms with E-state index in [0.29, 0.717) is 72.8 Å². The van der Waals surface area contributed by atoms with Crippen molar-refractivity contribution in [3.8, 4) is 0 Å². The van der Waals surface area contributed by atoms with E-state index in [1.165, 1.54) is 0 Å². The quantitative estimate of drug-likeness (QED) is 0.712. The SMILES string of the molecule is O=C1CCCC2=NC3=NC(N4CCOCC4)=NC(=O)C3C(c3cccc(Cl)c3)=C12. The Morgan fingerprint density at radius 1 is 1.07 bits per heavy atom. The third kappa shape index (κ3) is 3.24. The molecule has 0 radical (unpaired) electrons. The normalized spacial score (nSPS) is 24.5. The fourth-order valence-corrected chi connectivity index (χ4v) is 4.40. The van der Waals surface area contributed by atoms with Gasteiger partial charge in [0.1, 0.15) is 11.8 Å². The van der Waals surface area contributed by atoms with E-state index in [4.69, 9.17) is 16.3 Å². The number of ether oxygens (including phenoxy) is 1. The van der Waals surface area contributed by atoms with Crippen molar-refractivity contribution in [3.05, 3.63) is 40.4 Å². The van der Waals surface area contributed by atoms with E-state index in [9.17, 15) is 9.59 Å². The number of amidine groups is 1. The average molecular weight is 411 g/mol. The molecule has 3 aliphatic heterocycles. The van der Waals surface area contributed by atoms with Gasteiger partial charge in [-0.05, 0) is 36.1 Å². The van der Waals surface area contributed by atoms with Gasteiger partial charge in [0.15, 0.2) is 5.78 Å². The fraction of sp³-hybridized carbons (Fsp3) is 0.381. The van der Waals surface area contributed by atoms with Crippen LogP contribution in [0.5, 0.6) is 0 Å². The minimum absolute atomic E-state index is 0.0137. The first-order valence-electron chi connectivity index (χ1n) is 9.77. The van der Waals surface area contributed by atoms with Crippen molar-refractivity contribution in [1.82, 2.24) is 4.90 Å². The number of halogens is 1. The van der Waals surface area contributed by atoms with Crippen LogP contribution in [0.4, 0.5) is 0 Å². The summed E-state index contributed by atoms with van der Waals surface area (Å²) in [5.41, 5.74) is 2.63. The van der Waals surface area contributed by atoms with Crippen molar-refractivity contribution in [2.24, 2.45) is 20.9 Å². The van der Waals surface area contributed by atoms with Gasteiger partial charge in [0, 0.05) is 30.1 Å². The average Bonchev–Trinajstić information content (AvgIpc) is 2.73. The largest absolute Gasteiger partial charge is 0.378 e. The number of carbonyl (C=O) groups is 2. The lowest BCUT2D eigenvalue weighted by Gasteiger charge is -2.33. The Morgan fingerprint density at radius 3 is 2.69 bits per heavy atom. The minimum atomic E-state index is -0.779. The zero-order valence-corrected chi connectivity index (χ0v) is 16.5. The van der Waals surface area contributed by atoms with Crippen molar-refractivity contribution in [3.63, 3.8) is 0 Å². The molecule has 2 fully saturated rings. The highest BCUT2D eigenvalue weighted by Gasteiger charge is 2.42. The number of morpholine rings is 1. The first-order chi connectivity index (χ1) is 14.1. The van der Waals surface area contributed by atoms with Crippen molar-refractivity contribution < 1.29 is 14.3 Å². The number of benzene rings is 1. The summed E-state index contributed by atoms with van der Waals surface area (Å²) in [6.07, 6.45) is 1.89. The number of amides is 1. The lowest BCUT2D eigenvalue weighted by molar-refractivity contribution is -0.118. The van der Waals surface area contributed by atoms with Gasteiger partial charge in [-0.1, -0.05) is 23.7 Å². The van der Waals surface area contributed by atoms with Gasteiger partial charge in [-0.2, -0.15) is 9.98 Å². The molecule has 1 aromatic rings. The Bertz CT molecular complexity index is 1030. The fourth-order valence-electron chi connectivity index (χ4n) is 4.21. The molecule has 7 nitrogen and oxygen atoms in total. The maximum atomic E-state index is 13.2. The molecule has 1 aromatic carbocycles. The molecule has 29 heavy (non-hydrogen) atoms. The lowest BCUT2D eigenvalue weighted by Crippen LogP contribution is -2.44. The molecule has 1 unspecified atom stereocenters. The maximum Gasteiger partial charge on any atom is 0.264 e. The number of allylic oxidation sites excluding steroid dienone is 1. The van der Waals surface area contributed by atoms with E-state index < -0.39 is 5.92 Å². The maximum absolute atomic E-state index is 13.2. The van der Waals surface area contributed by atoms with E-state index in [-0.39, 0.29) is 11.7 Å². The Hall–Kier alpha value is -2.64. The predicted octanol–water partition coefficient (Wildman–Crippen LogP) is 2.54. The van der Waals surface area contributed by atoms with E-state index in [1.54, 1.807) is 12.1 Å². The van der Waals surface area contributed by atoms with Crippen LogP contribution in [-0.4, -0.2) is 60.4 Å². The zero-order chi connectivity index (χ0) is 20.0. The molecule has 3 heterocycles. The number of rotatable bonds is 1. The number of Topliss-reactive ketones (excluding diaryl/α,β-unsaturated/α-hetero) is 1. The molecule has 1 atom stereocenters. The number of hydrogen-bond acceptors (Lipinski definition) is 6. The number of ketones is 1. The second kappa shape index (κ2) is 7.31. The van der Waals surface area contributed by atoms with E-state index >= 15 is 0 Å². The molecular formula is C21H19ClN4O3. The Labute approximate surface area is 172 Å². The van der Waals surface area contributed by atoms with Crippen LogP contribution in [-0.2, 0) is 14.3 Å². The van der Waals surface area contributed by atoms with Crippen molar-refractivity contribution >= 4 is 46.4 Å². The van der Waals surface area contributed by atoms with Crippen molar-refractivity contribution in [1.29, 1.82) is 0 Å². The van der Waals surface area contributed by atoms with Crippen LogP contribution in [0.2, 0.25) is 5.02 Å². The minimum Gasteiger partial charge on any atom is -0.378 e. The number of carbonyl (C=O) groups excluding carboxylic acids is 2. The van der Waals surface area contributed by atoms with E-state index in [1.807, 2.05) is 17.0 Å². The Balaban J connectivity index is 1.64. The van der Waals surface area contributed by atoms with Gasteiger partial charge in [-0.3, -0.25) is 9.59 Å².